The van der Waals surface area contributed by atoms with Gasteiger partial charge in [0, 0.05) is 43.0 Å². The van der Waals surface area contributed by atoms with Crippen molar-refractivity contribution in [1.82, 2.24) is 9.78 Å². The first-order valence-electron chi connectivity index (χ1n) is 8.89. The molecule has 1 aromatic carbocycles. The van der Waals surface area contributed by atoms with Crippen LogP contribution in [-0.2, 0) is 11.3 Å². The Balaban J connectivity index is 1.52. The number of rotatable bonds is 3. The molecule has 0 amide bonds. The molecule has 0 N–H and O–H groups in total. The third kappa shape index (κ3) is 3.47. The molecule has 1 aromatic heterocycles. The summed E-state index contributed by atoms with van der Waals surface area (Å²) >= 11 is 1.99. The Morgan fingerprint density at radius 3 is 3.04 bits per heavy atom. The first kappa shape index (κ1) is 16.0. The molecule has 4 nitrogen and oxygen atoms in total. The van der Waals surface area contributed by atoms with E-state index in [1.165, 1.54) is 33.9 Å². The summed E-state index contributed by atoms with van der Waals surface area (Å²) in [6.45, 7) is 5.95. The normalized spacial score (nSPS) is 19.1. The lowest BCUT2D eigenvalue weighted by molar-refractivity contribution is 0.0662. The van der Waals surface area contributed by atoms with E-state index >= 15 is 0 Å². The molecule has 4 rings (SSSR count). The lowest BCUT2D eigenvalue weighted by Gasteiger charge is -2.24. The Hall–Kier alpha value is -1.46. The Morgan fingerprint density at radius 1 is 1.29 bits per heavy atom. The molecular weight excluding hydrogens is 318 g/mol. The van der Waals surface area contributed by atoms with Gasteiger partial charge in [-0.1, -0.05) is 6.07 Å². The highest BCUT2D eigenvalue weighted by Crippen LogP contribution is 2.35. The summed E-state index contributed by atoms with van der Waals surface area (Å²) in [6.07, 6.45) is 7.66. The van der Waals surface area contributed by atoms with Crippen LogP contribution in [-0.4, -0.2) is 35.3 Å². The summed E-state index contributed by atoms with van der Waals surface area (Å²) < 4.78 is 7.61. The van der Waals surface area contributed by atoms with Crippen molar-refractivity contribution in [3.8, 4) is 0 Å². The van der Waals surface area contributed by atoms with Gasteiger partial charge in [-0.25, -0.2) is 0 Å². The van der Waals surface area contributed by atoms with E-state index in [1.54, 1.807) is 0 Å². The van der Waals surface area contributed by atoms with Gasteiger partial charge in [-0.3, -0.25) is 4.68 Å². The topological polar surface area (TPSA) is 30.3 Å². The highest BCUT2D eigenvalue weighted by Gasteiger charge is 2.19. The molecule has 0 spiro atoms. The van der Waals surface area contributed by atoms with Crippen molar-refractivity contribution in [2.75, 3.05) is 30.4 Å². The third-order valence-electron chi connectivity index (χ3n) is 4.88. The van der Waals surface area contributed by atoms with Gasteiger partial charge in [0.1, 0.15) is 0 Å². The molecule has 2 aromatic rings. The van der Waals surface area contributed by atoms with Crippen LogP contribution in [0.25, 0.3) is 0 Å². The average molecular weight is 343 g/mol. The van der Waals surface area contributed by atoms with Crippen LogP contribution in [0, 0.1) is 6.92 Å². The van der Waals surface area contributed by atoms with Gasteiger partial charge in [0.05, 0.1) is 17.9 Å². The third-order valence-corrected chi connectivity index (χ3v) is 6.01. The Morgan fingerprint density at radius 2 is 2.17 bits per heavy atom. The monoisotopic (exact) mass is 343 g/mol. The average Bonchev–Trinajstić information content (AvgIpc) is 2.98. The maximum atomic E-state index is 5.46. The fraction of sp³-hybridized carbons (Fsp3) is 0.526. The van der Waals surface area contributed by atoms with E-state index in [-0.39, 0.29) is 0 Å². The molecule has 0 unspecified atom stereocenters. The number of thioether (sulfide) groups is 1. The van der Waals surface area contributed by atoms with Crippen LogP contribution in [0.2, 0.25) is 0 Å². The van der Waals surface area contributed by atoms with Crippen LogP contribution in [0.5, 0.6) is 0 Å². The highest BCUT2D eigenvalue weighted by molar-refractivity contribution is 7.99. The van der Waals surface area contributed by atoms with Crippen molar-refractivity contribution in [2.45, 2.75) is 43.7 Å². The van der Waals surface area contributed by atoms with Crippen LogP contribution in [0.1, 0.15) is 36.4 Å². The van der Waals surface area contributed by atoms with Gasteiger partial charge >= 0.3 is 0 Å². The molecule has 1 fully saturated rings. The number of hydrogen-bond acceptors (Lipinski definition) is 4. The van der Waals surface area contributed by atoms with E-state index in [2.05, 4.69) is 46.0 Å². The van der Waals surface area contributed by atoms with Crippen LogP contribution in [0.3, 0.4) is 0 Å². The molecule has 0 aliphatic carbocycles. The Bertz CT molecular complexity index is 694. The smallest absolute Gasteiger partial charge is 0.0563 e. The van der Waals surface area contributed by atoms with Crippen molar-refractivity contribution in [3.05, 3.63) is 41.7 Å². The molecule has 24 heavy (non-hydrogen) atoms. The lowest BCUT2D eigenvalue weighted by Crippen LogP contribution is -2.23. The van der Waals surface area contributed by atoms with Crippen molar-refractivity contribution < 1.29 is 4.74 Å². The molecule has 0 atom stereocenters. The second-order valence-electron chi connectivity index (χ2n) is 6.77. The molecule has 2 aliphatic heterocycles. The summed E-state index contributed by atoms with van der Waals surface area (Å²) in [7, 11) is 0. The predicted molar refractivity (Wildman–Crippen MR) is 98.9 cm³/mol. The van der Waals surface area contributed by atoms with E-state index < -0.39 is 0 Å². The van der Waals surface area contributed by atoms with E-state index in [1.807, 2.05) is 18.0 Å². The molecule has 5 heteroatoms. The SMILES string of the molecule is Cc1ccc2c(c1)SCCCN2Cc1cnn(C2CCOCC2)c1. The molecule has 0 radical (unpaired) electrons. The molecule has 3 heterocycles. The second kappa shape index (κ2) is 7.19. The number of hydrogen-bond donors (Lipinski definition) is 0. The highest BCUT2D eigenvalue weighted by atomic mass is 32.2. The van der Waals surface area contributed by atoms with Crippen molar-refractivity contribution in [2.24, 2.45) is 0 Å². The standard InChI is InChI=1S/C19H25N3OS/c1-15-3-4-18-19(11-15)24-10-2-7-21(18)13-16-12-20-22(14-16)17-5-8-23-9-6-17/h3-4,11-12,14,17H,2,5-10,13H2,1H3. The number of ether oxygens (including phenoxy) is 1. The molecule has 1 saturated heterocycles. The largest absolute Gasteiger partial charge is 0.381 e. The zero-order valence-electron chi connectivity index (χ0n) is 14.3. The van der Waals surface area contributed by atoms with Crippen LogP contribution < -0.4 is 4.90 Å². The number of nitrogens with zero attached hydrogens (tertiary/aromatic N) is 3. The van der Waals surface area contributed by atoms with Crippen molar-refractivity contribution in [1.29, 1.82) is 0 Å². The van der Waals surface area contributed by atoms with Gasteiger partial charge in [-0.15, -0.1) is 11.8 Å². The minimum Gasteiger partial charge on any atom is -0.381 e. The summed E-state index contributed by atoms with van der Waals surface area (Å²) in [4.78, 5) is 3.93. The minimum absolute atomic E-state index is 0.502. The zero-order chi connectivity index (χ0) is 16.4. The second-order valence-corrected chi connectivity index (χ2v) is 7.90. The molecule has 0 saturated carbocycles. The number of aromatic nitrogens is 2. The first-order valence-corrected chi connectivity index (χ1v) is 9.87. The molecule has 128 valence electrons. The van der Waals surface area contributed by atoms with Gasteiger partial charge in [0.2, 0.25) is 0 Å². The van der Waals surface area contributed by atoms with Gasteiger partial charge in [0.25, 0.3) is 0 Å². The van der Waals surface area contributed by atoms with Gasteiger partial charge in [-0.2, -0.15) is 5.10 Å². The fourth-order valence-electron chi connectivity index (χ4n) is 3.55. The van der Waals surface area contributed by atoms with E-state index in [4.69, 9.17) is 4.74 Å². The fourth-order valence-corrected chi connectivity index (χ4v) is 4.66. The molecule has 0 bridgehead atoms. The maximum absolute atomic E-state index is 5.46. The zero-order valence-corrected chi connectivity index (χ0v) is 15.1. The summed E-state index contributed by atoms with van der Waals surface area (Å²) in [6, 6.07) is 7.33. The number of anilines is 1. The summed E-state index contributed by atoms with van der Waals surface area (Å²) in [5.74, 6) is 1.20. The van der Waals surface area contributed by atoms with Crippen LogP contribution >= 0.6 is 11.8 Å². The van der Waals surface area contributed by atoms with Gasteiger partial charge < -0.3 is 9.64 Å². The van der Waals surface area contributed by atoms with E-state index in [0.717, 1.165) is 39.1 Å². The summed E-state index contributed by atoms with van der Waals surface area (Å²) in [5.41, 5.74) is 4.03. The van der Waals surface area contributed by atoms with E-state index in [9.17, 15) is 0 Å². The van der Waals surface area contributed by atoms with Gasteiger partial charge in [-0.05, 0) is 49.6 Å². The Labute approximate surface area is 148 Å². The summed E-state index contributed by atoms with van der Waals surface area (Å²) in [5, 5.41) is 4.63. The molecule has 2 aliphatic rings. The van der Waals surface area contributed by atoms with Crippen molar-refractivity contribution in [3.63, 3.8) is 0 Å². The number of aryl methyl sites for hydroxylation is 1. The molecular formula is C19H25N3OS. The lowest BCUT2D eigenvalue weighted by atomic mass is 10.1. The minimum atomic E-state index is 0.502. The van der Waals surface area contributed by atoms with Crippen LogP contribution in [0.4, 0.5) is 5.69 Å². The first-order chi connectivity index (χ1) is 11.8. The number of fused-ring (bicyclic) bond motifs is 1. The quantitative estimate of drug-likeness (QED) is 0.841. The van der Waals surface area contributed by atoms with Crippen LogP contribution in [0.15, 0.2) is 35.5 Å². The van der Waals surface area contributed by atoms with E-state index in [0.29, 0.717) is 6.04 Å². The van der Waals surface area contributed by atoms with Crippen molar-refractivity contribution >= 4 is 17.4 Å². The maximum Gasteiger partial charge on any atom is 0.0563 e. The van der Waals surface area contributed by atoms with Gasteiger partial charge in [0.15, 0.2) is 0 Å². The Kier molecular flexibility index (Phi) is 4.81. The number of benzene rings is 1. The predicted octanol–water partition coefficient (Wildman–Crippen LogP) is 4.05.